The lowest BCUT2D eigenvalue weighted by Crippen LogP contribution is -2.60. The SMILES string of the molecule is COC(=O)[C@]12CCC[C@H]1N(C)CCO2. The van der Waals surface area contributed by atoms with Crippen LogP contribution in [-0.2, 0) is 14.3 Å². The van der Waals surface area contributed by atoms with Crippen LogP contribution in [0.25, 0.3) is 0 Å². The monoisotopic (exact) mass is 199 g/mol. The van der Waals surface area contributed by atoms with Crippen molar-refractivity contribution < 1.29 is 14.3 Å². The predicted molar refractivity (Wildman–Crippen MR) is 51.0 cm³/mol. The van der Waals surface area contributed by atoms with E-state index >= 15 is 0 Å². The predicted octanol–water partition coefficient (Wildman–Crippen LogP) is 0.413. The molecular weight excluding hydrogens is 182 g/mol. The van der Waals surface area contributed by atoms with Gasteiger partial charge in [-0.25, -0.2) is 4.79 Å². The molecular formula is C10H17NO3. The maximum atomic E-state index is 11.7. The highest BCUT2D eigenvalue weighted by atomic mass is 16.6. The standard InChI is InChI=1S/C10H17NO3/c1-11-6-7-14-10(9(12)13-2)5-3-4-8(10)11/h8H,3-7H2,1-2H3/t8-,10+/m1/s1. The number of nitrogens with zero attached hydrogens (tertiary/aromatic N) is 1. The second-order valence-corrected chi connectivity index (χ2v) is 4.12. The quantitative estimate of drug-likeness (QED) is 0.573. The molecule has 0 amide bonds. The molecule has 0 unspecified atom stereocenters. The van der Waals surface area contributed by atoms with E-state index in [0.29, 0.717) is 6.61 Å². The minimum Gasteiger partial charge on any atom is -0.467 e. The lowest BCUT2D eigenvalue weighted by molar-refractivity contribution is -0.187. The Morgan fingerprint density at radius 1 is 1.64 bits per heavy atom. The lowest BCUT2D eigenvalue weighted by atomic mass is 9.94. The number of hydrogen-bond acceptors (Lipinski definition) is 4. The molecule has 0 spiro atoms. The molecule has 1 aliphatic heterocycles. The van der Waals surface area contributed by atoms with Crippen LogP contribution in [0.2, 0.25) is 0 Å². The average Bonchev–Trinajstić information content (AvgIpc) is 2.63. The van der Waals surface area contributed by atoms with Gasteiger partial charge in [-0.15, -0.1) is 0 Å². The van der Waals surface area contributed by atoms with Crippen molar-refractivity contribution in [3.8, 4) is 0 Å². The number of hydrogen-bond donors (Lipinski definition) is 0. The summed E-state index contributed by atoms with van der Waals surface area (Å²) in [5, 5.41) is 0. The third kappa shape index (κ3) is 1.25. The molecule has 80 valence electrons. The van der Waals surface area contributed by atoms with Crippen molar-refractivity contribution >= 4 is 5.97 Å². The summed E-state index contributed by atoms with van der Waals surface area (Å²) in [5.74, 6) is -0.202. The summed E-state index contributed by atoms with van der Waals surface area (Å²) in [7, 11) is 3.49. The van der Waals surface area contributed by atoms with Gasteiger partial charge in [0, 0.05) is 12.6 Å². The van der Waals surface area contributed by atoms with Crippen LogP contribution in [0.5, 0.6) is 0 Å². The van der Waals surface area contributed by atoms with E-state index in [2.05, 4.69) is 11.9 Å². The van der Waals surface area contributed by atoms with Crippen molar-refractivity contribution in [2.24, 2.45) is 0 Å². The highest BCUT2D eigenvalue weighted by Crippen LogP contribution is 2.39. The number of rotatable bonds is 1. The Kier molecular flexibility index (Phi) is 2.49. The molecule has 2 fully saturated rings. The second kappa shape index (κ2) is 3.51. The first-order valence-corrected chi connectivity index (χ1v) is 5.13. The Labute approximate surface area is 84.2 Å². The van der Waals surface area contributed by atoms with Gasteiger partial charge in [0.25, 0.3) is 0 Å². The summed E-state index contributed by atoms with van der Waals surface area (Å²) >= 11 is 0. The molecule has 2 rings (SSSR count). The Morgan fingerprint density at radius 2 is 2.43 bits per heavy atom. The summed E-state index contributed by atoms with van der Waals surface area (Å²) in [6.45, 7) is 1.53. The number of methoxy groups -OCH3 is 1. The van der Waals surface area contributed by atoms with E-state index in [-0.39, 0.29) is 12.0 Å². The van der Waals surface area contributed by atoms with Crippen LogP contribution in [-0.4, -0.2) is 49.8 Å². The minimum atomic E-state index is -0.665. The minimum absolute atomic E-state index is 0.202. The molecule has 1 saturated heterocycles. The van der Waals surface area contributed by atoms with Gasteiger partial charge in [-0.3, -0.25) is 4.90 Å². The van der Waals surface area contributed by atoms with Gasteiger partial charge in [0.2, 0.25) is 0 Å². The van der Waals surface area contributed by atoms with Crippen LogP contribution < -0.4 is 0 Å². The molecule has 2 aliphatic rings. The highest BCUT2D eigenvalue weighted by molar-refractivity contribution is 5.81. The van der Waals surface area contributed by atoms with E-state index in [0.717, 1.165) is 25.8 Å². The van der Waals surface area contributed by atoms with Crippen LogP contribution in [0, 0.1) is 0 Å². The Morgan fingerprint density at radius 3 is 3.14 bits per heavy atom. The average molecular weight is 199 g/mol. The molecule has 1 heterocycles. The molecule has 0 aromatic carbocycles. The van der Waals surface area contributed by atoms with Crippen LogP contribution in [0.1, 0.15) is 19.3 Å². The number of likely N-dealkylation sites (N-methyl/N-ethyl adjacent to an activating group) is 1. The first kappa shape index (κ1) is 9.93. The summed E-state index contributed by atoms with van der Waals surface area (Å²) < 4.78 is 10.5. The Balaban J connectivity index is 2.25. The van der Waals surface area contributed by atoms with Crippen LogP contribution in [0.4, 0.5) is 0 Å². The number of carbonyl (C=O) groups excluding carboxylic acids is 1. The van der Waals surface area contributed by atoms with E-state index in [1.165, 1.54) is 7.11 Å². The summed E-state index contributed by atoms with van der Waals surface area (Å²) in [6, 6.07) is 0.212. The fraction of sp³-hybridized carbons (Fsp3) is 0.900. The first-order chi connectivity index (χ1) is 6.70. The number of carbonyl (C=O) groups is 1. The van der Waals surface area contributed by atoms with Crippen LogP contribution >= 0.6 is 0 Å². The van der Waals surface area contributed by atoms with Crippen LogP contribution in [0.3, 0.4) is 0 Å². The Bertz CT molecular complexity index is 244. The van der Waals surface area contributed by atoms with E-state index in [1.54, 1.807) is 0 Å². The largest absolute Gasteiger partial charge is 0.467 e. The molecule has 0 radical (unpaired) electrons. The molecule has 2 atom stereocenters. The number of morpholine rings is 1. The fourth-order valence-electron chi connectivity index (χ4n) is 2.70. The van der Waals surface area contributed by atoms with Crippen molar-refractivity contribution in [3.05, 3.63) is 0 Å². The zero-order valence-electron chi connectivity index (χ0n) is 8.78. The smallest absolute Gasteiger partial charge is 0.339 e. The fourth-order valence-corrected chi connectivity index (χ4v) is 2.70. The van der Waals surface area contributed by atoms with E-state index in [9.17, 15) is 4.79 Å². The first-order valence-electron chi connectivity index (χ1n) is 5.13. The van der Waals surface area contributed by atoms with Crippen molar-refractivity contribution in [1.82, 2.24) is 4.90 Å². The maximum Gasteiger partial charge on any atom is 0.339 e. The van der Waals surface area contributed by atoms with Gasteiger partial charge in [0.15, 0.2) is 5.60 Å². The lowest BCUT2D eigenvalue weighted by Gasteiger charge is -2.42. The normalized spacial score (nSPS) is 38.0. The van der Waals surface area contributed by atoms with E-state index < -0.39 is 5.60 Å². The molecule has 1 aliphatic carbocycles. The number of fused-ring (bicyclic) bond motifs is 1. The van der Waals surface area contributed by atoms with Gasteiger partial charge in [-0.1, -0.05) is 0 Å². The zero-order valence-corrected chi connectivity index (χ0v) is 8.78. The molecule has 0 bridgehead atoms. The molecule has 0 N–H and O–H groups in total. The van der Waals surface area contributed by atoms with Gasteiger partial charge in [0.05, 0.1) is 13.7 Å². The van der Waals surface area contributed by atoms with Gasteiger partial charge in [-0.2, -0.15) is 0 Å². The van der Waals surface area contributed by atoms with Crippen LogP contribution in [0.15, 0.2) is 0 Å². The second-order valence-electron chi connectivity index (χ2n) is 4.12. The van der Waals surface area contributed by atoms with Gasteiger partial charge >= 0.3 is 5.97 Å². The van der Waals surface area contributed by atoms with Gasteiger partial charge in [-0.05, 0) is 26.3 Å². The molecule has 4 nitrogen and oxygen atoms in total. The molecule has 4 heteroatoms. The number of ether oxygens (including phenoxy) is 2. The third-order valence-electron chi connectivity index (χ3n) is 3.43. The topological polar surface area (TPSA) is 38.8 Å². The summed E-state index contributed by atoms with van der Waals surface area (Å²) in [5.41, 5.74) is -0.665. The maximum absolute atomic E-state index is 11.7. The van der Waals surface area contributed by atoms with E-state index in [1.807, 2.05) is 0 Å². The zero-order chi connectivity index (χ0) is 10.2. The molecule has 14 heavy (non-hydrogen) atoms. The Hall–Kier alpha value is -0.610. The van der Waals surface area contributed by atoms with Crippen molar-refractivity contribution in [1.29, 1.82) is 0 Å². The third-order valence-corrected chi connectivity index (χ3v) is 3.43. The van der Waals surface area contributed by atoms with E-state index in [4.69, 9.17) is 9.47 Å². The summed E-state index contributed by atoms with van der Waals surface area (Å²) in [6.07, 6.45) is 2.88. The van der Waals surface area contributed by atoms with Crippen molar-refractivity contribution in [2.75, 3.05) is 27.3 Å². The van der Waals surface area contributed by atoms with Gasteiger partial charge in [0.1, 0.15) is 0 Å². The molecule has 0 aromatic rings. The number of esters is 1. The molecule has 1 saturated carbocycles. The van der Waals surface area contributed by atoms with Crippen molar-refractivity contribution in [2.45, 2.75) is 30.9 Å². The van der Waals surface area contributed by atoms with Crippen molar-refractivity contribution in [3.63, 3.8) is 0 Å². The molecule has 0 aromatic heterocycles. The summed E-state index contributed by atoms with van der Waals surface area (Å²) in [4.78, 5) is 14.0. The highest BCUT2D eigenvalue weighted by Gasteiger charge is 2.54. The van der Waals surface area contributed by atoms with Gasteiger partial charge < -0.3 is 9.47 Å².